The van der Waals surface area contributed by atoms with Gasteiger partial charge >= 0.3 is 0 Å². The largest absolute Gasteiger partial charge is 0.381 e. The lowest BCUT2D eigenvalue weighted by Crippen LogP contribution is -2.52. The Hall–Kier alpha value is -1.98. The van der Waals surface area contributed by atoms with Crippen LogP contribution in [0.2, 0.25) is 0 Å². The zero-order chi connectivity index (χ0) is 20.1. The molecule has 0 saturated carbocycles. The molecule has 2 aliphatic rings. The number of benzene rings is 1. The molecule has 5 nitrogen and oxygen atoms in total. The second-order valence-electron chi connectivity index (χ2n) is 8.51. The predicted octanol–water partition coefficient (Wildman–Crippen LogP) is 3.26. The third kappa shape index (κ3) is 4.89. The quantitative estimate of drug-likeness (QED) is 0.733. The summed E-state index contributed by atoms with van der Waals surface area (Å²) < 4.78 is 5.35. The Morgan fingerprint density at radius 2 is 1.96 bits per heavy atom. The molecule has 28 heavy (non-hydrogen) atoms. The maximum Gasteiger partial charge on any atom is 0.250 e. The van der Waals surface area contributed by atoms with Crippen molar-refractivity contribution in [1.82, 2.24) is 0 Å². The van der Waals surface area contributed by atoms with Gasteiger partial charge < -0.3 is 15.4 Å². The molecule has 1 aromatic carbocycles. The number of ether oxygens (including phenoxy) is 1. The first kappa shape index (κ1) is 20.7. The van der Waals surface area contributed by atoms with Crippen molar-refractivity contribution in [3.8, 4) is 0 Å². The molecule has 0 spiro atoms. The number of allylic oxidation sites excluding steroid dienone is 1. The monoisotopic (exact) mass is 384 g/mol. The zero-order valence-electron chi connectivity index (χ0n) is 17.0. The normalized spacial score (nSPS) is 19.8. The van der Waals surface area contributed by atoms with Crippen molar-refractivity contribution in [3.63, 3.8) is 0 Å². The zero-order valence-corrected chi connectivity index (χ0v) is 17.0. The average molecular weight is 385 g/mol. The van der Waals surface area contributed by atoms with Crippen molar-refractivity contribution >= 4 is 17.4 Å². The lowest BCUT2D eigenvalue weighted by molar-refractivity contribution is -0.128. The summed E-state index contributed by atoms with van der Waals surface area (Å²) in [7, 11) is 0. The van der Waals surface area contributed by atoms with Gasteiger partial charge in [-0.25, -0.2) is 0 Å². The van der Waals surface area contributed by atoms with E-state index >= 15 is 0 Å². The molecule has 0 radical (unpaired) electrons. The van der Waals surface area contributed by atoms with Gasteiger partial charge in [0.25, 0.3) is 5.91 Å². The van der Waals surface area contributed by atoms with E-state index in [1.165, 1.54) is 5.56 Å². The highest BCUT2D eigenvalue weighted by molar-refractivity contribution is 6.03. The first-order chi connectivity index (χ1) is 13.4. The molecule has 2 N–H and O–H groups in total. The Morgan fingerprint density at radius 1 is 1.25 bits per heavy atom. The molecule has 1 amide bonds. The van der Waals surface area contributed by atoms with E-state index in [2.05, 4.69) is 19.9 Å². The molecular formula is C23H32N2O3. The highest BCUT2D eigenvalue weighted by atomic mass is 16.5. The van der Waals surface area contributed by atoms with E-state index < -0.39 is 5.54 Å². The minimum atomic E-state index is -0.779. The number of carbonyl (C=O) groups excluding carboxylic acids is 2. The molecule has 2 aliphatic heterocycles. The predicted molar refractivity (Wildman–Crippen MR) is 111 cm³/mol. The van der Waals surface area contributed by atoms with E-state index in [1.807, 2.05) is 29.2 Å². The number of nitrogens with two attached hydrogens (primary N) is 1. The maximum atomic E-state index is 12.9. The number of amides is 1. The van der Waals surface area contributed by atoms with Crippen LogP contribution in [0, 0.1) is 11.8 Å². The van der Waals surface area contributed by atoms with Crippen LogP contribution in [-0.2, 0) is 20.7 Å². The maximum absolute atomic E-state index is 12.9. The Labute approximate surface area is 167 Å². The molecule has 1 fully saturated rings. The summed E-state index contributed by atoms with van der Waals surface area (Å²) in [5.41, 5.74) is 7.79. The van der Waals surface area contributed by atoms with Gasteiger partial charge in [0.1, 0.15) is 0 Å². The highest BCUT2D eigenvalue weighted by Gasteiger charge is 2.36. The lowest BCUT2D eigenvalue weighted by atomic mass is 9.81. The molecule has 2 heterocycles. The summed E-state index contributed by atoms with van der Waals surface area (Å²) in [5.74, 6) is 0.538. The van der Waals surface area contributed by atoms with E-state index in [1.54, 1.807) is 6.08 Å². The van der Waals surface area contributed by atoms with Gasteiger partial charge in [-0.15, -0.1) is 0 Å². The van der Waals surface area contributed by atoms with Gasteiger partial charge in [0.2, 0.25) is 0 Å². The van der Waals surface area contributed by atoms with Gasteiger partial charge in [-0.3, -0.25) is 9.59 Å². The van der Waals surface area contributed by atoms with Crippen LogP contribution in [0.5, 0.6) is 0 Å². The Kier molecular flexibility index (Phi) is 6.68. The van der Waals surface area contributed by atoms with Crippen LogP contribution in [0.15, 0.2) is 36.4 Å². The molecule has 0 bridgehead atoms. The Morgan fingerprint density at radius 3 is 2.68 bits per heavy atom. The van der Waals surface area contributed by atoms with Crippen molar-refractivity contribution in [2.45, 2.75) is 51.5 Å². The standard InChI is InChI=1S/C23H32N2O3/c1-17(2)15-18(16-21(26)23(24)10-13-28-14-11-23)7-8-22(27)25-12-9-19-5-3-4-6-20(19)25/h3-8,17-18H,9-16,24H2,1-2H3/b8-7+/t18-/m1/s1. The topological polar surface area (TPSA) is 72.6 Å². The number of anilines is 1. The summed E-state index contributed by atoms with van der Waals surface area (Å²) in [6, 6.07) is 8.03. The number of Topliss-reactive ketones (excluding diaryl/α,β-unsaturated/α-hetero) is 1. The third-order valence-corrected chi connectivity index (χ3v) is 5.83. The van der Waals surface area contributed by atoms with Crippen LogP contribution in [0.25, 0.3) is 0 Å². The first-order valence-corrected chi connectivity index (χ1v) is 10.4. The van der Waals surface area contributed by atoms with Crippen LogP contribution >= 0.6 is 0 Å². The van der Waals surface area contributed by atoms with E-state index in [4.69, 9.17) is 10.5 Å². The summed E-state index contributed by atoms with van der Waals surface area (Å²) in [6.07, 6.45) is 6.86. The van der Waals surface area contributed by atoms with Crippen LogP contribution in [-0.4, -0.2) is 37.0 Å². The number of para-hydroxylation sites is 1. The summed E-state index contributed by atoms with van der Waals surface area (Å²) in [5, 5.41) is 0. The number of nitrogens with zero attached hydrogens (tertiary/aromatic N) is 1. The van der Waals surface area contributed by atoms with Crippen molar-refractivity contribution in [2.75, 3.05) is 24.7 Å². The fraction of sp³-hybridized carbons (Fsp3) is 0.565. The van der Waals surface area contributed by atoms with Crippen molar-refractivity contribution in [3.05, 3.63) is 42.0 Å². The number of ketones is 1. The SMILES string of the molecule is CC(C)C[C@@H](/C=C/C(=O)N1CCc2ccccc21)CC(=O)C1(N)CCOCC1. The number of carbonyl (C=O) groups is 2. The van der Waals surface area contributed by atoms with Gasteiger partial charge in [-0.2, -0.15) is 0 Å². The van der Waals surface area contributed by atoms with Crippen LogP contribution in [0.3, 0.4) is 0 Å². The molecule has 0 aromatic heterocycles. The summed E-state index contributed by atoms with van der Waals surface area (Å²) in [6.45, 7) is 6.06. The highest BCUT2D eigenvalue weighted by Crippen LogP contribution is 2.29. The number of rotatable bonds is 7. The van der Waals surface area contributed by atoms with Crippen LogP contribution in [0.1, 0.15) is 45.1 Å². The fourth-order valence-electron chi connectivity index (χ4n) is 4.17. The fourth-order valence-corrected chi connectivity index (χ4v) is 4.17. The Bertz CT molecular complexity index is 735. The van der Waals surface area contributed by atoms with E-state index in [9.17, 15) is 9.59 Å². The molecule has 152 valence electrons. The van der Waals surface area contributed by atoms with Gasteiger partial charge in [-0.05, 0) is 55.2 Å². The van der Waals surface area contributed by atoms with Crippen molar-refractivity contribution < 1.29 is 14.3 Å². The van der Waals surface area contributed by atoms with Gasteiger partial charge in [0, 0.05) is 31.9 Å². The minimum Gasteiger partial charge on any atom is -0.381 e. The summed E-state index contributed by atoms with van der Waals surface area (Å²) in [4.78, 5) is 27.5. The average Bonchev–Trinajstić information content (AvgIpc) is 3.10. The lowest BCUT2D eigenvalue weighted by Gasteiger charge is -2.33. The van der Waals surface area contributed by atoms with E-state index in [0.29, 0.717) is 44.9 Å². The first-order valence-electron chi connectivity index (χ1n) is 10.4. The van der Waals surface area contributed by atoms with Crippen molar-refractivity contribution in [1.29, 1.82) is 0 Å². The molecule has 3 rings (SSSR count). The molecule has 5 heteroatoms. The van der Waals surface area contributed by atoms with Crippen LogP contribution < -0.4 is 10.6 Å². The molecule has 1 atom stereocenters. The number of hydrogen-bond acceptors (Lipinski definition) is 4. The molecular weight excluding hydrogens is 352 g/mol. The van der Waals surface area contributed by atoms with Gasteiger partial charge in [-0.1, -0.05) is 38.1 Å². The Balaban J connectivity index is 1.66. The molecule has 1 saturated heterocycles. The molecule has 1 aromatic rings. The third-order valence-electron chi connectivity index (χ3n) is 5.83. The van der Waals surface area contributed by atoms with E-state index in [0.717, 1.165) is 18.5 Å². The van der Waals surface area contributed by atoms with Crippen molar-refractivity contribution in [2.24, 2.45) is 17.6 Å². The molecule has 0 unspecified atom stereocenters. The van der Waals surface area contributed by atoms with Crippen LogP contribution in [0.4, 0.5) is 5.69 Å². The number of hydrogen-bond donors (Lipinski definition) is 1. The van der Waals surface area contributed by atoms with Gasteiger partial charge in [0.15, 0.2) is 5.78 Å². The van der Waals surface area contributed by atoms with Gasteiger partial charge in [0.05, 0.1) is 5.54 Å². The second-order valence-corrected chi connectivity index (χ2v) is 8.51. The number of fused-ring (bicyclic) bond motifs is 1. The second kappa shape index (κ2) is 9.01. The molecule has 0 aliphatic carbocycles. The minimum absolute atomic E-state index is 0.0142. The van der Waals surface area contributed by atoms with E-state index in [-0.39, 0.29) is 17.6 Å². The smallest absolute Gasteiger partial charge is 0.250 e. The summed E-state index contributed by atoms with van der Waals surface area (Å²) >= 11 is 0.